The number of hydrogen-bond donors (Lipinski definition) is 2. The molecule has 6 atom stereocenters. The van der Waals surface area contributed by atoms with Crippen LogP contribution in [0.3, 0.4) is 0 Å². The number of rotatable bonds is 5. The van der Waals surface area contributed by atoms with Crippen molar-refractivity contribution in [3.63, 3.8) is 0 Å². The molecular formula is C40H53ClN4O6S. The topological polar surface area (TPSA) is 119 Å². The van der Waals surface area contributed by atoms with E-state index in [1.54, 1.807) is 13.2 Å². The van der Waals surface area contributed by atoms with Crippen LogP contribution in [0.1, 0.15) is 87.2 Å². The zero-order valence-electron chi connectivity index (χ0n) is 30.8. The maximum Gasteiger partial charge on any atom is 0.327 e. The van der Waals surface area contributed by atoms with Crippen molar-refractivity contribution >= 4 is 39.1 Å². The van der Waals surface area contributed by atoms with Crippen molar-refractivity contribution in [3.05, 3.63) is 70.3 Å². The molecular weight excluding hydrogens is 700 g/mol. The van der Waals surface area contributed by atoms with E-state index in [1.807, 2.05) is 39.0 Å². The summed E-state index contributed by atoms with van der Waals surface area (Å²) in [6.07, 6.45) is 11.2. The van der Waals surface area contributed by atoms with Crippen molar-refractivity contribution in [2.75, 3.05) is 44.1 Å². The number of anilines is 1. The molecule has 10 nitrogen and oxygen atoms in total. The molecule has 7 rings (SSSR count). The molecule has 0 saturated heterocycles. The monoisotopic (exact) mass is 752 g/mol. The van der Waals surface area contributed by atoms with Crippen molar-refractivity contribution in [2.24, 2.45) is 22.1 Å². The summed E-state index contributed by atoms with van der Waals surface area (Å²) < 4.78 is 40.0. The van der Waals surface area contributed by atoms with Crippen molar-refractivity contribution < 1.29 is 28.0 Å². The Hall–Kier alpha value is -3.12. The summed E-state index contributed by atoms with van der Waals surface area (Å²) in [5, 5.41) is 3.66. The minimum atomic E-state index is -3.50. The molecule has 52 heavy (non-hydrogen) atoms. The Labute approximate surface area is 313 Å². The number of aryl methyl sites for hydroxylation is 1. The van der Waals surface area contributed by atoms with Gasteiger partial charge in [-0.1, -0.05) is 36.7 Å². The Kier molecular flexibility index (Phi) is 10.7. The fraction of sp³-hybridized carbons (Fsp3) is 0.600. The third-order valence-electron chi connectivity index (χ3n) is 12.0. The Bertz CT molecular complexity index is 1840. The van der Waals surface area contributed by atoms with Gasteiger partial charge in [-0.25, -0.2) is 9.00 Å². The lowest BCUT2D eigenvalue weighted by Gasteiger charge is -2.46. The van der Waals surface area contributed by atoms with Gasteiger partial charge in [0.2, 0.25) is 0 Å². The van der Waals surface area contributed by atoms with Crippen LogP contribution in [0.5, 0.6) is 5.75 Å². The second-order valence-corrected chi connectivity index (χ2v) is 18.5. The molecule has 3 aliphatic carbocycles. The summed E-state index contributed by atoms with van der Waals surface area (Å²) in [4.78, 5) is 29.6. The lowest BCUT2D eigenvalue weighted by Crippen LogP contribution is -2.57. The van der Waals surface area contributed by atoms with Crippen LogP contribution in [0.4, 0.5) is 10.5 Å². The van der Waals surface area contributed by atoms with E-state index in [2.05, 4.69) is 43.6 Å². The molecule has 2 aromatic rings. The maximum atomic E-state index is 14.5. The van der Waals surface area contributed by atoms with Gasteiger partial charge in [-0.15, -0.1) is 4.36 Å². The number of allylic oxidation sites excluding steroid dienone is 1. The molecule has 2 heterocycles. The number of halogens is 1. The molecule has 2 saturated carbocycles. The largest absolute Gasteiger partial charge is 0.490 e. The minimum absolute atomic E-state index is 0.0215. The summed E-state index contributed by atoms with van der Waals surface area (Å²) in [7, 11) is -1.73. The number of amides is 3. The minimum Gasteiger partial charge on any atom is -0.490 e. The van der Waals surface area contributed by atoms with Crippen molar-refractivity contribution in [2.45, 2.75) is 95.3 Å². The third-order valence-corrected chi connectivity index (χ3v) is 14.2. The van der Waals surface area contributed by atoms with Gasteiger partial charge in [0, 0.05) is 48.8 Å². The quantitative estimate of drug-likeness (QED) is 0.310. The van der Waals surface area contributed by atoms with E-state index >= 15 is 0 Å². The normalized spacial score (nSPS) is 35.0. The highest BCUT2D eigenvalue weighted by Gasteiger charge is 2.45. The third kappa shape index (κ3) is 7.74. The Morgan fingerprint density at radius 1 is 1.19 bits per heavy atom. The molecule has 0 radical (unpaired) electrons. The van der Waals surface area contributed by atoms with Gasteiger partial charge in [-0.05, 0) is 124 Å². The lowest BCUT2D eigenvalue weighted by molar-refractivity contribution is -0.0940. The van der Waals surface area contributed by atoms with Crippen LogP contribution in [0.15, 0.2) is 52.9 Å². The first kappa shape index (κ1) is 37.2. The van der Waals surface area contributed by atoms with E-state index in [1.165, 1.54) is 11.1 Å². The highest BCUT2D eigenvalue weighted by Crippen LogP contribution is 2.47. The summed E-state index contributed by atoms with van der Waals surface area (Å²) in [6.45, 7) is 8.55. The van der Waals surface area contributed by atoms with Gasteiger partial charge in [0.15, 0.2) is 0 Å². The van der Waals surface area contributed by atoms with Gasteiger partial charge >= 0.3 is 6.03 Å². The fourth-order valence-corrected chi connectivity index (χ4v) is 11.3. The number of carbonyl (C=O) groups excluding carboxylic acids is 2. The SMILES string of the molecule is CCOC1(C)CC(NC(=O)NS2(=O)=NC(=O)c3ccc4c(c3)N(C[C@@H]3CC[C@H]3[C@@H](OC)/C=C/C[C@H](C)C2)C[C@@]2(CCCc3cc(Cl)ccc32)CO4)C1. The van der Waals surface area contributed by atoms with Crippen LogP contribution in [-0.4, -0.2) is 73.1 Å². The molecule has 1 spiro atoms. The number of nitrogens with zero attached hydrogens (tertiary/aromatic N) is 2. The average molecular weight is 753 g/mol. The number of hydrogen-bond acceptors (Lipinski definition) is 7. The van der Waals surface area contributed by atoms with Crippen LogP contribution in [-0.2, 0) is 31.2 Å². The molecule has 2 bridgehead atoms. The standard InChI is InChI=1S/C40H53ClN4O6S/c1-5-51-39(3)20-31(21-39)42-38(47)44-52(48)23-26(2)8-6-10-35(49-4)32-14-11-29(32)22-45-24-40(17-7-9-27-18-30(41)13-15-33(27)40)25-50-36-16-12-28(19-34(36)45)37(46)43-52/h6,10,12-13,15-16,18-19,26,29,31-32,35H,5,7-9,11,14,17,20-25H2,1-4H3,(H2,42,43,44,46,47,48)/b10-6+/t26-,29-,31?,32+,35-,39?,40-,52?/m0/s1. The van der Waals surface area contributed by atoms with Crippen molar-refractivity contribution in [3.8, 4) is 5.75 Å². The number of ether oxygens (including phenoxy) is 3. The van der Waals surface area contributed by atoms with E-state index in [4.69, 9.17) is 25.8 Å². The number of nitrogens with one attached hydrogen (secondary N) is 2. The zero-order valence-corrected chi connectivity index (χ0v) is 32.4. The van der Waals surface area contributed by atoms with Crippen molar-refractivity contribution in [1.82, 2.24) is 10.0 Å². The molecule has 5 aliphatic rings. The van der Waals surface area contributed by atoms with Crippen LogP contribution >= 0.6 is 11.6 Å². The van der Waals surface area contributed by atoms with Gasteiger partial charge in [-0.3, -0.25) is 9.52 Å². The van der Waals surface area contributed by atoms with E-state index in [-0.39, 0.29) is 34.8 Å². The molecule has 2 N–H and O–H groups in total. The van der Waals surface area contributed by atoms with Gasteiger partial charge in [0.05, 0.1) is 29.8 Å². The van der Waals surface area contributed by atoms with E-state index in [0.717, 1.165) is 55.9 Å². The predicted octanol–water partition coefficient (Wildman–Crippen LogP) is 7.23. The smallest absolute Gasteiger partial charge is 0.327 e. The zero-order chi connectivity index (χ0) is 36.7. The lowest BCUT2D eigenvalue weighted by atomic mass is 9.68. The number of fused-ring (bicyclic) bond motifs is 4. The first-order valence-electron chi connectivity index (χ1n) is 18.9. The molecule has 1 unspecified atom stereocenters. The van der Waals surface area contributed by atoms with E-state index in [0.29, 0.717) is 55.6 Å². The molecule has 12 heteroatoms. The van der Waals surface area contributed by atoms with Gasteiger partial charge in [0.25, 0.3) is 5.91 Å². The summed E-state index contributed by atoms with van der Waals surface area (Å²) in [5.41, 5.74) is 3.14. The summed E-state index contributed by atoms with van der Waals surface area (Å²) in [5.74, 6) is 0.704. The maximum absolute atomic E-state index is 14.5. The highest BCUT2D eigenvalue weighted by molar-refractivity contribution is 7.92. The first-order valence-corrected chi connectivity index (χ1v) is 21.0. The fourth-order valence-electron chi connectivity index (χ4n) is 9.28. The van der Waals surface area contributed by atoms with Crippen LogP contribution < -0.4 is 19.7 Å². The van der Waals surface area contributed by atoms with Gasteiger partial charge in [-0.2, -0.15) is 0 Å². The van der Waals surface area contributed by atoms with Crippen LogP contribution in [0.25, 0.3) is 0 Å². The molecule has 3 amide bonds. The van der Waals surface area contributed by atoms with E-state index in [9.17, 15) is 13.8 Å². The summed E-state index contributed by atoms with van der Waals surface area (Å²) >= 11 is 6.46. The summed E-state index contributed by atoms with van der Waals surface area (Å²) in [6, 6.07) is 10.9. The number of benzene rings is 2. The molecule has 2 aromatic carbocycles. The number of carbonyl (C=O) groups is 2. The van der Waals surface area contributed by atoms with Crippen molar-refractivity contribution in [1.29, 1.82) is 0 Å². The van der Waals surface area contributed by atoms with E-state index < -0.39 is 21.9 Å². The number of urea groups is 1. The van der Waals surface area contributed by atoms with Crippen LogP contribution in [0, 0.1) is 17.8 Å². The first-order chi connectivity index (χ1) is 24.9. The second kappa shape index (κ2) is 15.0. The van der Waals surface area contributed by atoms with Gasteiger partial charge < -0.3 is 24.4 Å². The van der Waals surface area contributed by atoms with Crippen LogP contribution in [0.2, 0.25) is 5.02 Å². The Balaban J connectivity index is 1.23. The highest BCUT2D eigenvalue weighted by atomic mass is 35.5. The number of methoxy groups -OCH3 is 1. The molecule has 2 aliphatic heterocycles. The average Bonchev–Trinajstić information content (AvgIpc) is 3.21. The molecule has 2 fully saturated rings. The predicted molar refractivity (Wildman–Crippen MR) is 205 cm³/mol. The Morgan fingerprint density at radius 3 is 2.77 bits per heavy atom. The molecule has 0 aromatic heterocycles. The van der Waals surface area contributed by atoms with Gasteiger partial charge in [0.1, 0.15) is 15.7 Å². The Morgan fingerprint density at radius 2 is 2.02 bits per heavy atom. The molecule has 282 valence electrons. The second-order valence-electron chi connectivity index (χ2n) is 16.0.